The lowest BCUT2D eigenvalue weighted by Gasteiger charge is -2.16. The van der Waals surface area contributed by atoms with Crippen molar-refractivity contribution in [3.63, 3.8) is 0 Å². The molecule has 0 radical (unpaired) electrons. The second kappa shape index (κ2) is 6.30. The SMILES string of the molecule is CCCN1CC(NS(=O)(=O)c2ccc3c(c2)n(C)c(=O)n3C)CC1=O. The Labute approximate surface area is 146 Å². The van der Waals surface area contributed by atoms with Gasteiger partial charge >= 0.3 is 5.69 Å². The number of aryl methyl sites for hydroxylation is 2. The molecule has 1 aliphatic rings. The van der Waals surface area contributed by atoms with Crippen LogP contribution in [0.4, 0.5) is 0 Å². The Balaban J connectivity index is 1.88. The molecule has 1 atom stereocenters. The molecule has 3 rings (SSSR count). The molecule has 1 saturated heterocycles. The minimum absolute atomic E-state index is 0.0320. The van der Waals surface area contributed by atoms with Crippen LogP contribution in [0.15, 0.2) is 27.9 Å². The van der Waals surface area contributed by atoms with E-state index in [2.05, 4.69) is 4.72 Å². The van der Waals surface area contributed by atoms with Crippen molar-refractivity contribution < 1.29 is 13.2 Å². The van der Waals surface area contributed by atoms with Gasteiger partial charge in [0.25, 0.3) is 0 Å². The summed E-state index contributed by atoms with van der Waals surface area (Å²) in [4.78, 5) is 25.6. The van der Waals surface area contributed by atoms with Crippen LogP contribution < -0.4 is 10.4 Å². The molecule has 2 aromatic rings. The Morgan fingerprint density at radius 1 is 1.16 bits per heavy atom. The van der Waals surface area contributed by atoms with Gasteiger partial charge in [0, 0.05) is 39.6 Å². The first-order chi connectivity index (χ1) is 11.7. The van der Waals surface area contributed by atoms with Gasteiger partial charge in [-0.1, -0.05) is 6.92 Å². The van der Waals surface area contributed by atoms with Gasteiger partial charge in [0.2, 0.25) is 15.9 Å². The van der Waals surface area contributed by atoms with Crippen LogP contribution in [0.25, 0.3) is 11.0 Å². The highest BCUT2D eigenvalue weighted by Crippen LogP contribution is 2.20. The van der Waals surface area contributed by atoms with Gasteiger partial charge in [-0.3, -0.25) is 13.9 Å². The Morgan fingerprint density at radius 3 is 2.52 bits per heavy atom. The Morgan fingerprint density at radius 2 is 1.84 bits per heavy atom. The molecule has 1 amide bonds. The molecule has 8 nitrogen and oxygen atoms in total. The second-order valence-corrected chi connectivity index (χ2v) is 8.13. The minimum Gasteiger partial charge on any atom is -0.341 e. The van der Waals surface area contributed by atoms with Crippen molar-refractivity contribution in [2.45, 2.75) is 30.7 Å². The standard InChI is InChI=1S/C16H22N4O4S/c1-4-7-20-10-11(8-15(20)21)17-25(23,24)12-5-6-13-14(9-12)19(3)16(22)18(13)2/h5-6,9,11,17H,4,7-8,10H2,1-3H3. The first-order valence-corrected chi connectivity index (χ1v) is 9.68. The topological polar surface area (TPSA) is 93.4 Å². The summed E-state index contributed by atoms with van der Waals surface area (Å²) >= 11 is 0. The third-order valence-electron chi connectivity index (χ3n) is 4.58. The van der Waals surface area contributed by atoms with E-state index in [4.69, 9.17) is 0 Å². The molecule has 25 heavy (non-hydrogen) atoms. The molecule has 1 N–H and O–H groups in total. The number of aromatic nitrogens is 2. The number of nitrogens with one attached hydrogen (secondary N) is 1. The van der Waals surface area contributed by atoms with Crippen LogP contribution >= 0.6 is 0 Å². The largest absolute Gasteiger partial charge is 0.341 e. The highest BCUT2D eigenvalue weighted by atomic mass is 32.2. The number of benzene rings is 1. The lowest BCUT2D eigenvalue weighted by atomic mass is 10.3. The molecular formula is C16H22N4O4S. The third-order valence-corrected chi connectivity index (χ3v) is 6.10. The molecule has 0 bridgehead atoms. The van der Waals surface area contributed by atoms with E-state index in [1.54, 1.807) is 25.1 Å². The number of nitrogens with zero attached hydrogens (tertiary/aromatic N) is 3. The molecule has 0 spiro atoms. The van der Waals surface area contributed by atoms with Crippen LogP contribution in [0.5, 0.6) is 0 Å². The lowest BCUT2D eigenvalue weighted by molar-refractivity contribution is -0.127. The van der Waals surface area contributed by atoms with Gasteiger partial charge in [0.15, 0.2) is 0 Å². The molecule has 1 fully saturated rings. The summed E-state index contributed by atoms with van der Waals surface area (Å²) in [6, 6.07) is 4.15. The second-order valence-electron chi connectivity index (χ2n) is 6.41. The predicted molar refractivity (Wildman–Crippen MR) is 93.8 cm³/mol. The average molecular weight is 366 g/mol. The summed E-state index contributed by atoms with van der Waals surface area (Å²) < 4.78 is 30.8. The van der Waals surface area contributed by atoms with E-state index in [9.17, 15) is 18.0 Å². The minimum atomic E-state index is -3.77. The van der Waals surface area contributed by atoms with E-state index in [0.29, 0.717) is 24.1 Å². The van der Waals surface area contributed by atoms with Crippen molar-refractivity contribution in [1.82, 2.24) is 18.8 Å². The van der Waals surface area contributed by atoms with Crippen molar-refractivity contribution in [2.75, 3.05) is 13.1 Å². The number of imidazole rings is 1. The van der Waals surface area contributed by atoms with Crippen LogP contribution in [0.1, 0.15) is 19.8 Å². The van der Waals surface area contributed by atoms with Crippen molar-refractivity contribution in [2.24, 2.45) is 14.1 Å². The quantitative estimate of drug-likeness (QED) is 0.816. The summed E-state index contributed by atoms with van der Waals surface area (Å²) in [5.74, 6) is -0.0320. The number of carbonyl (C=O) groups excluding carboxylic acids is 1. The van der Waals surface area contributed by atoms with E-state index in [1.807, 2.05) is 6.92 Å². The van der Waals surface area contributed by atoms with E-state index in [0.717, 1.165) is 6.42 Å². The summed E-state index contributed by atoms with van der Waals surface area (Å²) in [5.41, 5.74) is 0.996. The number of fused-ring (bicyclic) bond motifs is 1. The Kier molecular flexibility index (Phi) is 4.46. The van der Waals surface area contributed by atoms with Gasteiger partial charge in [-0.2, -0.15) is 0 Å². The molecular weight excluding hydrogens is 344 g/mol. The first-order valence-electron chi connectivity index (χ1n) is 8.20. The zero-order chi connectivity index (χ0) is 18.4. The first kappa shape index (κ1) is 17.7. The monoisotopic (exact) mass is 366 g/mol. The van der Waals surface area contributed by atoms with Crippen LogP contribution in [0, 0.1) is 0 Å². The summed E-state index contributed by atoms with van der Waals surface area (Å²) in [5, 5.41) is 0. The fourth-order valence-electron chi connectivity index (χ4n) is 3.28. The lowest BCUT2D eigenvalue weighted by Crippen LogP contribution is -2.37. The van der Waals surface area contributed by atoms with Crippen molar-refractivity contribution in [3.8, 4) is 0 Å². The summed E-state index contributed by atoms with van der Waals surface area (Å²) in [6.45, 7) is 3.00. The average Bonchev–Trinajstić information content (AvgIpc) is 3.00. The van der Waals surface area contributed by atoms with Crippen LogP contribution in [0.3, 0.4) is 0 Å². The molecule has 1 aromatic heterocycles. The highest BCUT2D eigenvalue weighted by Gasteiger charge is 2.32. The number of hydrogen-bond donors (Lipinski definition) is 1. The molecule has 0 saturated carbocycles. The number of hydrogen-bond acceptors (Lipinski definition) is 4. The van der Waals surface area contributed by atoms with Crippen molar-refractivity contribution >= 4 is 27.0 Å². The summed E-state index contributed by atoms with van der Waals surface area (Å²) in [6.07, 6.45) is 1.01. The molecule has 1 aromatic carbocycles. The Bertz CT molecular complexity index is 989. The molecule has 9 heteroatoms. The molecule has 1 aliphatic heterocycles. The van der Waals surface area contributed by atoms with E-state index in [1.165, 1.54) is 21.3 Å². The van der Waals surface area contributed by atoms with E-state index in [-0.39, 0.29) is 22.9 Å². The zero-order valence-electron chi connectivity index (χ0n) is 14.5. The number of sulfonamides is 1. The maximum atomic E-state index is 12.7. The maximum Gasteiger partial charge on any atom is 0.328 e. The number of rotatable bonds is 5. The van der Waals surface area contributed by atoms with Crippen molar-refractivity contribution in [1.29, 1.82) is 0 Å². The van der Waals surface area contributed by atoms with Gasteiger partial charge in [-0.25, -0.2) is 17.9 Å². The zero-order valence-corrected chi connectivity index (χ0v) is 15.3. The molecule has 1 unspecified atom stereocenters. The normalized spacial score (nSPS) is 18.4. The van der Waals surface area contributed by atoms with Gasteiger partial charge in [-0.05, 0) is 24.6 Å². The fraction of sp³-hybridized carbons (Fsp3) is 0.500. The third kappa shape index (κ3) is 3.09. The van der Waals surface area contributed by atoms with Gasteiger partial charge in [-0.15, -0.1) is 0 Å². The van der Waals surface area contributed by atoms with Crippen LogP contribution in [-0.4, -0.2) is 47.5 Å². The van der Waals surface area contributed by atoms with E-state index < -0.39 is 16.1 Å². The molecule has 0 aliphatic carbocycles. The van der Waals surface area contributed by atoms with Gasteiger partial charge in [0.1, 0.15) is 0 Å². The Hall–Kier alpha value is -2.13. The number of likely N-dealkylation sites (tertiary alicyclic amines) is 1. The molecule has 2 heterocycles. The van der Waals surface area contributed by atoms with Gasteiger partial charge in [0.05, 0.1) is 15.9 Å². The van der Waals surface area contributed by atoms with Crippen LogP contribution in [0.2, 0.25) is 0 Å². The predicted octanol–water partition coefficient (Wildman–Crippen LogP) is 0.166. The van der Waals surface area contributed by atoms with Crippen molar-refractivity contribution in [3.05, 3.63) is 28.7 Å². The number of carbonyl (C=O) groups is 1. The molecule has 136 valence electrons. The van der Waals surface area contributed by atoms with Crippen LogP contribution in [-0.2, 0) is 28.9 Å². The maximum absolute atomic E-state index is 12.7. The summed E-state index contributed by atoms with van der Waals surface area (Å²) in [7, 11) is -0.524. The van der Waals surface area contributed by atoms with E-state index >= 15 is 0 Å². The highest BCUT2D eigenvalue weighted by molar-refractivity contribution is 7.89. The van der Waals surface area contributed by atoms with Gasteiger partial charge < -0.3 is 4.90 Å². The smallest absolute Gasteiger partial charge is 0.328 e. The fourth-order valence-corrected chi connectivity index (χ4v) is 4.53. The number of amides is 1.